The van der Waals surface area contributed by atoms with E-state index in [2.05, 4.69) is 5.32 Å². The highest BCUT2D eigenvalue weighted by Crippen LogP contribution is 2.40. The van der Waals surface area contributed by atoms with Gasteiger partial charge in [-0.25, -0.2) is 4.90 Å². The van der Waals surface area contributed by atoms with E-state index in [9.17, 15) is 14.4 Å². The third-order valence-corrected chi connectivity index (χ3v) is 6.63. The topological polar surface area (TPSA) is 75.7 Å². The zero-order chi connectivity index (χ0) is 24.5. The third-order valence-electron chi connectivity index (χ3n) is 6.37. The summed E-state index contributed by atoms with van der Waals surface area (Å²) < 4.78 is 5.78. The van der Waals surface area contributed by atoms with Gasteiger partial charge in [0.15, 0.2) is 0 Å². The van der Waals surface area contributed by atoms with E-state index in [0.29, 0.717) is 40.7 Å². The Labute approximate surface area is 208 Å². The molecule has 35 heavy (non-hydrogen) atoms. The molecule has 1 N–H and O–H groups in total. The molecule has 176 valence electrons. The number of allylic oxidation sites excluding steroid dienone is 2. The van der Waals surface area contributed by atoms with Gasteiger partial charge in [0.25, 0.3) is 5.91 Å². The Kier molecular flexibility index (Phi) is 6.14. The molecule has 0 bridgehead atoms. The van der Waals surface area contributed by atoms with Crippen LogP contribution in [0, 0.1) is 11.8 Å². The first kappa shape index (κ1) is 22.9. The van der Waals surface area contributed by atoms with Crippen molar-refractivity contribution in [1.29, 1.82) is 0 Å². The van der Waals surface area contributed by atoms with Crippen molar-refractivity contribution in [2.24, 2.45) is 11.8 Å². The van der Waals surface area contributed by atoms with Crippen LogP contribution in [0.1, 0.15) is 30.1 Å². The number of ether oxygens (including phenoxy) is 1. The van der Waals surface area contributed by atoms with Crippen molar-refractivity contribution in [3.63, 3.8) is 0 Å². The number of rotatable bonds is 5. The molecule has 3 amide bonds. The fourth-order valence-electron chi connectivity index (χ4n) is 4.58. The van der Waals surface area contributed by atoms with Gasteiger partial charge in [0.1, 0.15) is 11.5 Å². The maximum Gasteiger partial charge on any atom is 0.257 e. The first-order chi connectivity index (χ1) is 16.9. The van der Waals surface area contributed by atoms with Crippen molar-refractivity contribution in [3.05, 3.63) is 95.0 Å². The summed E-state index contributed by atoms with van der Waals surface area (Å²) in [4.78, 5) is 40.6. The van der Waals surface area contributed by atoms with E-state index in [0.717, 1.165) is 5.57 Å². The minimum atomic E-state index is -0.406. The minimum Gasteiger partial charge on any atom is -0.457 e. The lowest BCUT2D eigenvalue weighted by atomic mass is 9.82. The first-order valence-corrected chi connectivity index (χ1v) is 11.8. The van der Waals surface area contributed by atoms with E-state index in [-0.39, 0.29) is 29.2 Å². The molecule has 2 atom stereocenters. The first-order valence-electron chi connectivity index (χ1n) is 11.4. The molecule has 1 aliphatic heterocycles. The lowest BCUT2D eigenvalue weighted by Gasteiger charge is -2.19. The van der Waals surface area contributed by atoms with Gasteiger partial charge in [-0.05, 0) is 80.4 Å². The summed E-state index contributed by atoms with van der Waals surface area (Å²) >= 11 is 5.90. The van der Waals surface area contributed by atoms with Gasteiger partial charge in [-0.1, -0.05) is 35.4 Å². The van der Waals surface area contributed by atoms with Crippen LogP contribution in [0.2, 0.25) is 5.02 Å². The molecular weight excluding hydrogens is 464 g/mol. The standard InChI is InChI=1S/C28H23ClN2O4/c1-17-6-15-22-24(16-17)28(34)31(27(22)33)25-5-3-2-4-23(25)26(32)30-19-9-13-21(14-10-19)35-20-11-7-18(29)8-12-20/h2-14,22,24H,15-16H2,1H3,(H,30,32)/t22-,24-/m0/s1. The van der Waals surface area contributed by atoms with E-state index in [1.54, 1.807) is 72.8 Å². The molecule has 6 nitrogen and oxygen atoms in total. The fraction of sp³-hybridized carbons (Fsp3) is 0.179. The highest BCUT2D eigenvalue weighted by molar-refractivity contribution is 6.30. The molecule has 3 aromatic carbocycles. The summed E-state index contributed by atoms with van der Waals surface area (Å²) in [6.45, 7) is 1.98. The number of halogens is 1. The van der Waals surface area contributed by atoms with E-state index in [1.807, 2.05) is 13.0 Å². The number of hydrogen-bond donors (Lipinski definition) is 1. The summed E-state index contributed by atoms with van der Waals surface area (Å²) in [5, 5.41) is 3.47. The number of fused-ring (bicyclic) bond motifs is 1. The van der Waals surface area contributed by atoms with Crippen LogP contribution >= 0.6 is 11.6 Å². The fourth-order valence-corrected chi connectivity index (χ4v) is 4.70. The Bertz CT molecular complexity index is 1330. The molecule has 5 rings (SSSR count). The number of anilines is 2. The molecular formula is C28H23ClN2O4. The second-order valence-electron chi connectivity index (χ2n) is 8.77. The molecule has 1 aliphatic carbocycles. The number of carbonyl (C=O) groups is 3. The predicted octanol–water partition coefficient (Wildman–Crippen LogP) is 6.23. The molecule has 2 aliphatic rings. The number of amides is 3. The van der Waals surface area contributed by atoms with Crippen molar-refractivity contribution >= 4 is 40.7 Å². The average molecular weight is 487 g/mol. The van der Waals surface area contributed by atoms with Crippen LogP contribution in [0.15, 0.2) is 84.4 Å². The second-order valence-corrected chi connectivity index (χ2v) is 9.20. The number of carbonyl (C=O) groups excluding carboxylic acids is 3. The number of imide groups is 1. The molecule has 3 aromatic rings. The second kappa shape index (κ2) is 9.39. The van der Waals surface area contributed by atoms with Crippen LogP contribution in [0.5, 0.6) is 11.5 Å². The van der Waals surface area contributed by atoms with Crippen LogP contribution in [-0.4, -0.2) is 17.7 Å². The zero-order valence-corrected chi connectivity index (χ0v) is 19.8. The summed E-state index contributed by atoms with van der Waals surface area (Å²) in [7, 11) is 0. The number of para-hydroxylation sites is 1. The minimum absolute atomic E-state index is 0.239. The smallest absolute Gasteiger partial charge is 0.257 e. The van der Waals surface area contributed by atoms with Gasteiger partial charge in [0.2, 0.25) is 11.8 Å². The van der Waals surface area contributed by atoms with Crippen molar-refractivity contribution in [3.8, 4) is 11.5 Å². The molecule has 7 heteroatoms. The third kappa shape index (κ3) is 4.57. The molecule has 0 aromatic heterocycles. The van der Waals surface area contributed by atoms with Crippen LogP contribution < -0.4 is 15.0 Å². The van der Waals surface area contributed by atoms with Crippen LogP contribution in [0.4, 0.5) is 11.4 Å². The van der Waals surface area contributed by atoms with Gasteiger partial charge in [-0.2, -0.15) is 0 Å². The van der Waals surface area contributed by atoms with Gasteiger partial charge in [0.05, 0.1) is 23.1 Å². The Morgan fingerprint density at radius 3 is 2.26 bits per heavy atom. The summed E-state index contributed by atoms with van der Waals surface area (Å²) in [5.41, 5.74) is 2.25. The summed E-state index contributed by atoms with van der Waals surface area (Å²) in [5.74, 6) is -0.371. The number of nitrogens with zero attached hydrogens (tertiary/aromatic N) is 1. The molecule has 0 spiro atoms. The zero-order valence-electron chi connectivity index (χ0n) is 19.0. The lowest BCUT2D eigenvalue weighted by molar-refractivity contribution is -0.122. The average Bonchev–Trinajstić information content (AvgIpc) is 3.10. The van der Waals surface area contributed by atoms with Gasteiger partial charge in [-0.3, -0.25) is 14.4 Å². The highest BCUT2D eigenvalue weighted by atomic mass is 35.5. The lowest BCUT2D eigenvalue weighted by Crippen LogP contribution is -2.33. The van der Waals surface area contributed by atoms with Crippen LogP contribution in [0.25, 0.3) is 0 Å². The quantitative estimate of drug-likeness (QED) is 0.342. The van der Waals surface area contributed by atoms with Crippen molar-refractivity contribution in [1.82, 2.24) is 0 Å². The molecule has 0 unspecified atom stereocenters. The van der Waals surface area contributed by atoms with Crippen molar-refractivity contribution in [2.75, 3.05) is 10.2 Å². The number of nitrogens with one attached hydrogen (secondary N) is 1. The Hall–Kier alpha value is -3.90. The summed E-state index contributed by atoms with van der Waals surface area (Å²) in [6.07, 6.45) is 3.15. The normalized spacial score (nSPS) is 19.3. The number of benzene rings is 3. The van der Waals surface area contributed by atoms with Crippen molar-refractivity contribution < 1.29 is 19.1 Å². The monoisotopic (exact) mass is 486 g/mol. The van der Waals surface area contributed by atoms with Gasteiger partial charge in [-0.15, -0.1) is 0 Å². The van der Waals surface area contributed by atoms with Gasteiger partial charge in [0, 0.05) is 10.7 Å². The molecule has 0 saturated carbocycles. The van der Waals surface area contributed by atoms with Crippen LogP contribution in [0.3, 0.4) is 0 Å². The Morgan fingerprint density at radius 1 is 0.914 bits per heavy atom. The van der Waals surface area contributed by atoms with Crippen LogP contribution in [-0.2, 0) is 9.59 Å². The van der Waals surface area contributed by atoms with Crippen molar-refractivity contribution in [2.45, 2.75) is 19.8 Å². The Morgan fingerprint density at radius 2 is 1.54 bits per heavy atom. The summed E-state index contributed by atoms with van der Waals surface area (Å²) in [6, 6.07) is 20.6. The predicted molar refractivity (Wildman–Crippen MR) is 135 cm³/mol. The van der Waals surface area contributed by atoms with Gasteiger partial charge < -0.3 is 10.1 Å². The van der Waals surface area contributed by atoms with E-state index < -0.39 is 5.91 Å². The van der Waals surface area contributed by atoms with E-state index >= 15 is 0 Å². The van der Waals surface area contributed by atoms with E-state index in [4.69, 9.17) is 16.3 Å². The molecule has 0 radical (unpaired) electrons. The van der Waals surface area contributed by atoms with E-state index in [1.165, 1.54) is 4.90 Å². The molecule has 1 saturated heterocycles. The maximum absolute atomic E-state index is 13.2. The Balaban J connectivity index is 1.33. The molecule has 1 fully saturated rings. The number of hydrogen-bond acceptors (Lipinski definition) is 4. The maximum atomic E-state index is 13.2. The molecule has 1 heterocycles. The largest absolute Gasteiger partial charge is 0.457 e. The highest BCUT2D eigenvalue weighted by Gasteiger charge is 2.49. The van der Waals surface area contributed by atoms with Gasteiger partial charge >= 0.3 is 0 Å². The SMILES string of the molecule is CC1=CC[C@@H]2C(=O)N(c3ccccc3C(=O)Nc3ccc(Oc4ccc(Cl)cc4)cc3)C(=O)[C@H]2C1.